The van der Waals surface area contributed by atoms with E-state index in [2.05, 4.69) is 35.8 Å². The third-order valence-electron chi connectivity index (χ3n) is 3.54. The molecule has 0 radical (unpaired) electrons. The zero-order valence-electron chi connectivity index (χ0n) is 12.0. The molecule has 0 saturated carbocycles. The topological polar surface area (TPSA) is 14.2 Å². The minimum Gasteiger partial charge on any atom is -0.495 e. The van der Waals surface area contributed by atoms with Gasteiger partial charge in [-0.05, 0) is 42.8 Å². The van der Waals surface area contributed by atoms with Crippen molar-refractivity contribution in [1.82, 2.24) is 4.57 Å². The maximum atomic E-state index is 6.26. The van der Waals surface area contributed by atoms with Crippen LogP contribution in [0.25, 0.3) is 16.9 Å². The Kier molecular flexibility index (Phi) is 3.72. The van der Waals surface area contributed by atoms with Crippen molar-refractivity contribution < 1.29 is 4.74 Å². The molecule has 1 aromatic heterocycles. The van der Waals surface area contributed by atoms with Crippen LogP contribution in [-0.2, 0) is 0 Å². The van der Waals surface area contributed by atoms with Crippen molar-refractivity contribution in [3.63, 3.8) is 0 Å². The van der Waals surface area contributed by atoms with E-state index in [1.165, 1.54) is 5.56 Å². The fourth-order valence-electron chi connectivity index (χ4n) is 2.51. The minimum absolute atomic E-state index is 0.613. The van der Waals surface area contributed by atoms with E-state index >= 15 is 0 Å². The molecule has 0 N–H and O–H groups in total. The quantitative estimate of drug-likeness (QED) is 0.655. The van der Waals surface area contributed by atoms with E-state index in [-0.39, 0.29) is 0 Å². The maximum Gasteiger partial charge on any atom is 0.137 e. The van der Waals surface area contributed by atoms with Gasteiger partial charge in [-0.25, -0.2) is 0 Å². The third-order valence-corrected chi connectivity index (χ3v) is 3.83. The molecule has 0 spiro atoms. The van der Waals surface area contributed by atoms with Crippen molar-refractivity contribution in [2.75, 3.05) is 7.11 Å². The van der Waals surface area contributed by atoms with Crippen LogP contribution in [0.5, 0.6) is 5.75 Å². The number of hydrogen-bond acceptors (Lipinski definition) is 1. The number of nitrogens with zero attached hydrogens (tertiary/aromatic N) is 1. The molecule has 0 fully saturated rings. The molecule has 2 aromatic carbocycles. The van der Waals surface area contributed by atoms with Crippen LogP contribution in [0.15, 0.2) is 60.7 Å². The first-order valence-corrected chi connectivity index (χ1v) is 7.16. The van der Waals surface area contributed by atoms with E-state index in [1.807, 2.05) is 36.4 Å². The largest absolute Gasteiger partial charge is 0.495 e. The van der Waals surface area contributed by atoms with E-state index in [1.54, 1.807) is 7.11 Å². The Bertz CT molecular complexity index is 762. The molecule has 0 unspecified atom stereocenters. The first kappa shape index (κ1) is 13.8. The SMILES string of the molecule is COc1ccc(-n2c(C)ccc2-c2ccccc2)cc1Cl. The summed E-state index contributed by atoms with van der Waals surface area (Å²) in [6, 6.07) is 20.4. The fourth-order valence-corrected chi connectivity index (χ4v) is 2.76. The number of ether oxygens (including phenoxy) is 1. The highest BCUT2D eigenvalue weighted by Crippen LogP contribution is 2.31. The number of aryl methyl sites for hydroxylation is 1. The van der Waals surface area contributed by atoms with Crippen LogP contribution >= 0.6 is 11.6 Å². The van der Waals surface area contributed by atoms with Gasteiger partial charge >= 0.3 is 0 Å². The van der Waals surface area contributed by atoms with Crippen molar-refractivity contribution in [3.05, 3.63) is 71.4 Å². The molecule has 106 valence electrons. The van der Waals surface area contributed by atoms with Crippen LogP contribution in [-0.4, -0.2) is 11.7 Å². The van der Waals surface area contributed by atoms with Gasteiger partial charge in [0.25, 0.3) is 0 Å². The van der Waals surface area contributed by atoms with Crippen molar-refractivity contribution in [1.29, 1.82) is 0 Å². The normalized spacial score (nSPS) is 10.6. The van der Waals surface area contributed by atoms with Crippen molar-refractivity contribution in [2.45, 2.75) is 6.92 Å². The molecule has 0 aliphatic rings. The lowest BCUT2D eigenvalue weighted by molar-refractivity contribution is 0.415. The van der Waals surface area contributed by atoms with Gasteiger partial charge in [-0.1, -0.05) is 41.9 Å². The Morgan fingerprint density at radius 3 is 2.38 bits per heavy atom. The Labute approximate surface area is 129 Å². The highest BCUT2D eigenvalue weighted by atomic mass is 35.5. The Morgan fingerprint density at radius 1 is 0.952 bits per heavy atom. The molecular weight excluding hydrogens is 282 g/mol. The second kappa shape index (κ2) is 5.66. The van der Waals surface area contributed by atoms with E-state index in [9.17, 15) is 0 Å². The summed E-state index contributed by atoms with van der Waals surface area (Å²) in [5.41, 5.74) is 4.52. The Balaban J connectivity index is 2.15. The number of aromatic nitrogens is 1. The third kappa shape index (κ3) is 2.55. The molecule has 3 rings (SSSR count). The standard InChI is InChI=1S/C18H16ClNO/c1-13-8-10-17(14-6-4-3-5-7-14)20(13)15-9-11-18(21-2)16(19)12-15/h3-12H,1-2H3. The van der Waals surface area contributed by atoms with Crippen LogP contribution in [0.4, 0.5) is 0 Å². The summed E-state index contributed by atoms with van der Waals surface area (Å²) in [4.78, 5) is 0. The second-order valence-corrected chi connectivity index (χ2v) is 5.29. The van der Waals surface area contributed by atoms with E-state index in [4.69, 9.17) is 16.3 Å². The number of hydrogen-bond donors (Lipinski definition) is 0. The van der Waals surface area contributed by atoms with Crippen LogP contribution < -0.4 is 4.74 Å². The average molecular weight is 298 g/mol. The lowest BCUT2D eigenvalue weighted by Gasteiger charge is -2.13. The maximum absolute atomic E-state index is 6.26. The number of methoxy groups -OCH3 is 1. The summed E-state index contributed by atoms with van der Waals surface area (Å²) in [7, 11) is 1.62. The zero-order valence-corrected chi connectivity index (χ0v) is 12.8. The minimum atomic E-state index is 0.613. The van der Waals surface area contributed by atoms with Crippen LogP contribution in [0, 0.1) is 6.92 Å². The first-order valence-electron chi connectivity index (χ1n) is 6.78. The molecule has 0 amide bonds. The molecule has 0 atom stereocenters. The van der Waals surface area contributed by atoms with Crippen molar-refractivity contribution in [2.24, 2.45) is 0 Å². The first-order chi connectivity index (χ1) is 10.2. The summed E-state index contributed by atoms with van der Waals surface area (Å²) in [5.74, 6) is 0.687. The molecule has 2 nitrogen and oxygen atoms in total. The van der Waals surface area contributed by atoms with Gasteiger partial charge in [0.05, 0.1) is 17.8 Å². The van der Waals surface area contributed by atoms with E-state index < -0.39 is 0 Å². The molecule has 21 heavy (non-hydrogen) atoms. The Hall–Kier alpha value is -2.19. The molecule has 3 heteroatoms. The monoisotopic (exact) mass is 297 g/mol. The second-order valence-electron chi connectivity index (χ2n) is 4.88. The summed E-state index contributed by atoms with van der Waals surface area (Å²) in [6.07, 6.45) is 0. The molecule has 0 aliphatic heterocycles. The molecule has 3 aromatic rings. The van der Waals surface area contributed by atoms with Crippen LogP contribution in [0.1, 0.15) is 5.69 Å². The summed E-state index contributed by atoms with van der Waals surface area (Å²) in [5, 5.41) is 0.613. The highest BCUT2D eigenvalue weighted by molar-refractivity contribution is 6.32. The van der Waals surface area contributed by atoms with Crippen molar-refractivity contribution in [3.8, 4) is 22.7 Å². The predicted molar refractivity (Wildman–Crippen MR) is 87.5 cm³/mol. The van der Waals surface area contributed by atoms with Gasteiger partial charge in [0.1, 0.15) is 5.75 Å². The predicted octanol–water partition coefficient (Wildman–Crippen LogP) is 5.11. The lowest BCUT2D eigenvalue weighted by atomic mass is 10.1. The molecular formula is C18H16ClNO. The van der Waals surface area contributed by atoms with Crippen molar-refractivity contribution >= 4 is 11.6 Å². The summed E-state index contributed by atoms with van der Waals surface area (Å²) in [6.45, 7) is 2.09. The Morgan fingerprint density at radius 2 is 1.71 bits per heavy atom. The fraction of sp³-hybridized carbons (Fsp3) is 0.111. The molecule has 1 heterocycles. The van der Waals surface area contributed by atoms with E-state index in [0.717, 1.165) is 17.1 Å². The van der Waals surface area contributed by atoms with Gasteiger partial charge in [-0.2, -0.15) is 0 Å². The number of rotatable bonds is 3. The van der Waals surface area contributed by atoms with Gasteiger partial charge in [-0.15, -0.1) is 0 Å². The van der Waals surface area contributed by atoms with Gasteiger partial charge in [0, 0.05) is 11.4 Å². The average Bonchev–Trinajstić information content (AvgIpc) is 2.90. The number of benzene rings is 2. The molecule has 0 saturated heterocycles. The van der Waals surface area contributed by atoms with Gasteiger partial charge < -0.3 is 9.30 Å². The smallest absolute Gasteiger partial charge is 0.137 e. The molecule has 0 bridgehead atoms. The van der Waals surface area contributed by atoms with Gasteiger partial charge in [-0.3, -0.25) is 0 Å². The van der Waals surface area contributed by atoms with Gasteiger partial charge in [0.2, 0.25) is 0 Å². The zero-order chi connectivity index (χ0) is 14.8. The van der Waals surface area contributed by atoms with Crippen LogP contribution in [0.2, 0.25) is 5.02 Å². The summed E-state index contributed by atoms with van der Waals surface area (Å²) < 4.78 is 7.42. The van der Waals surface area contributed by atoms with Crippen LogP contribution in [0.3, 0.4) is 0 Å². The van der Waals surface area contributed by atoms with E-state index in [0.29, 0.717) is 10.8 Å². The number of halogens is 1. The highest BCUT2D eigenvalue weighted by Gasteiger charge is 2.11. The van der Waals surface area contributed by atoms with Gasteiger partial charge in [0.15, 0.2) is 0 Å². The summed E-state index contributed by atoms with van der Waals surface area (Å²) >= 11 is 6.26. The lowest BCUT2D eigenvalue weighted by Crippen LogP contribution is -1.99. The molecule has 0 aliphatic carbocycles.